The van der Waals surface area contributed by atoms with E-state index in [1.807, 2.05) is 12.3 Å². The molecule has 0 aromatic carbocycles. The number of rotatable bonds is 15. The summed E-state index contributed by atoms with van der Waals surface area (Å²) >= 11 is 3.02. The fourth-order valence-corrected chi connectivity index (χ4v) is 5.49. The predicted octanol–water partition coefficient (Wildman–Crippen LogP) is 3.17. The summed E-state index contributed by atoms with van der Waals surface area (Å²) in [6.45, 7) is 10.7. The van der Waals surface area contributed by atoms with Crippen molar-refractivity contribution in [2.45, 2.75) is 71.2 Å². The summed E-state index contributed by atoms with van der Waals surface area (Å²) in [5.74, 6) is 0.113. The molecule has 2 aromatic heterocycles. The lowest BCUT2D eigenvalue weighted by Crippen LogP contribution is -2.53. The van der Waals surface area contributed by atoms with Crippen LogP contribution in [0.4, 0.5) is 9.59 Å². The quantitative estimate of drug-likeness (QED) is 0.262. The number of carbonyl (C=O) groups excluding carboxylic acids is 3. The van der Waals surface area contributed by atoms with Gasteiger partial charge in [-0.15, -0.1) is 22.7 Å². The molecule has 0 radical (unpaired) electrons. The van der Waals surface area contributed by atoms with Crippen LogP contribution in [0.1, 0.15) is 61.5 Å². The number of thiazole rings is 2. The van der Waals surface area contributed by atoms with Crippen molar-refractivity contribution >= 4 is 40.7 Å². The Morgan fingerprint density at radius 2 is 1.93 bits per heavy atom. The van der Waals surface area contributed by atoms with Crippen molar-refractivity contribution in [3.8, 4) is 0 Å². The van der Waals surface area contributed by atoms with Crippen molar-refractivity contribution in [3.63, 3.8) is 0 Å². The average molecular weight is 610 g/mol. The van der Waals surface area contributed by atoms with E-state index in [9.17, 15) is 14.4 Å². The Labute approximate surface area is 250 Å². The molecule has 2 atom stereocenters. The van der Waals surface area contributed by atoms with Gasteiger partial charge in [-0.1, -0.05) is 13.8 Å². The number of hydrogen-bond acceptors (Lipinski definition) is 10. The van der Waals surface area contributed by atoms with Gasteiger partial charge in [0.15, 0.2) is 0 Å². The highest BCUT2D eigenvalue weighted by Gasteiger charge is 2.25. The van der Waals surface area contributed by atoms with Crippen LogP contribution < -0.4 is 16.0 Å². The van der Waals surface area contributed by atoms with Crippen LogP contribution >= 0.6 is 22.7 Å². The largest absolute Gasteiger partial charge is 0.444 e. The first-order valence-electron chi connectivity index (χ1n) is 14.1. The molecule has 0 spiro atoms. The van der Waals surface area contributed by atoms with Crippen molar-refractivity contribution in [2.24, 2.45) is 0 Å². The molecule has 0 bridgehead atoms. The van der Waals surface area contributed by atoms with Crippen LogP contribution in [0.2, 0.25) is 0 Å². The first-order chi connectivity index (χ1) is 19.7. The van der Waals surface area contributed by atoms with Crippen molar-refractivity contribution < 1.29 is 23.9 Å². The molecule has 3 heterocycles. The van der Waals surface area contributed by atoms with Crippen LogP contribution in [-0.4, -0.2) is 96.3 Å². The van der Waals surface area contributed by atoms with E-state index in [1.54, 1.807) is 35.0 Å². The Hall–Kier alpha value is -2.81. The molecule has 0 aliphatic carbocycles. The maximum absolute atomic E-state index is 13.3. The molecule has 2 unspecified atom stereocenters. The van der Waals surface area contributed by atoms with Gasteiger partial charge in [-0.05, 0) is 26.2 Å². The molecule has 4 amide bonds. The number of ether oxygens (including phenoxy) is 2. The molecule has 14 heteroatoms. The summed E-state index contributed by atoms with van der Waals surface area (Å²) in [7, 11) is 1.71. The fourth-order valence-electron chi connectivity index (χ4n) is 4.16. The molecule has 3 N–H and O–H groups in total. The highest BCUT2D eigenvalue weighted by molar-refractivity contribution is 7.09. The van der Waals surface area contributed by atoms with Gasteiger partial charge < -0.3 is 30.3 Å². The van der Waals surface area contributed by atoms with Crippen LogP contribution in [0.5, 0.6) is 0 Å². The van der Waals surface area contributed by atoms with Crippen molar-refractivity contribution in [3.05, 3.63) is 32.7 Å². The fraction of sp³-hybridized carbons (Fsp3) is 0.667. The summed E-state index contributed by atoms with van der Waals surface area (Å²) in [6, 6.07) is -1.14. The van der Waals surface area contributed by atoms with E-state index in [2.05, 4.69) is 44.7 Å². The first kappa shape index (κ1) is 32.7. The minimum absolute atomic E-state index is 0.137. The molecule has 41 heavy (non-hydrogen) atoms. The summed E-state index contributed by atoms with van der Waals surface area (Å²) < 4.78 is 10.6. The van der Waals surface area contributed by atoms with E-state index in [1.165, 1.54) is 11.3 Å². The van der Waals surface area contributed by atoms with E-state index in [0.717, 1.165) is 28.7 Å². The second-order valence-electron chi connectivity index (χ2n) is 10.5. The molecular formula is C27H43N7O5S2. The van der Waals surface area contributed by atoms with Crippen molar-refractivity contribution in [1.29, 1.82) is 0 Å². The number of aromatic nitrogens is 2. The van der Waals surface area contributed by atoms with Crippen LogP contribution in [0, 0.1) is 0 Å². The normalized spacial score (nSPS) is 15.2. The zero-order valence-electron chi connectivity index (χ0n) is 24.4. The van der Waals surface area contributed by atoms with Gasteiger partial charge >= 0.3 is 12.1 Å². The number of hydrogen-bond donors (Lipinski definition) is 3. The van der Waals surface area contributed by atoms with Gasteiger partial charge in [0.05, 0.1) is 40.8 Å². The van der Waals surface area contributed by atoms with Crippen LogP contribution in [0.3, 0.4) is 0 Å². The summed E-state index contributed by atoms with van der Waals surface area (Å²) in [5, 5.41) is 11.7. The van der Waals surface area contributed by atoms with E-state index in [-0.39, 0.29) is 24.6 Å². The second-order valence-corrected chi connectivity index (χ2v) is 12.3. The van der Waals surface area contributed by atoms with Gasteiger partial charge in [0.1, 0.15) is 12.6 Å². The van der Waals surface area contributed by atoms with Crippen LogP contribution in [-0.2, 0) is 27.4 Å². The van der Waals surface area contributed by atoms with Crippen LogP contribution in [0.15, 0.2) is 17.1 Å². The Kier molecular flexibility index (Phi) is 13.7. The Bertz CT molecular complexity index is 1080. The highest BCUT2D eigenvalue weighted by Crippen LogP contribution is 2.20. The highest BCUT2D eigenvalue weighted by atomic mass is 32.1. The van der Waals surface area contributed by atoms with Crippen LogP contribution in [0.25, 0.3) is 0 Å². The zero-order valence-corrected chi connectivity index (χ0v) is 26.0. The topological polar surface area (TPSA) is 138 Å². The Morgan fingerprint density at radius 3 is 2.61 bits per heavy atom. The van der Waals surface area contributed by atoms with Gasteiger partial charge in [0.25, 0.3) is 0 Å². The summed E-state index contributed by atoms with van der Waals surface area (Å²) in [4.78, 5) is 51.4. The zero-order chi connectivity index (χ0) is 29.6. The molecule has 1 aliphatic heterocycles. The minimum atomic E-state index is -0.684. The lowest BCUT2D eigenvalue weighted by atomic mass is 10.1. The third kappa shape index (κ3) is 11.9. The van der Waals surface area contributed by atoms with Crippen molar-refractivity contribution in [2.75, 3.05) is 46.4 Å². The standard InChI is InChI=1S/C27H43N7O5S2/c1-19(2)25-31-21(17-40-25)15-33(4)26(36)32-23(7-9-34-10-12-38-13-11-34)24(35)30-20(3)6-5-8-29-27(37)39-16-22-14-28-18-41-22/h14,17-20,23H,5-13,15-16H2,1-4H3,(H,29,37)(H,30,35)(H,32,36). The first-order valence-corrected chi connectivity index (χ1v) is 15.8. The molecule has 12 nitrogen and oxygen atoms in total. The lowest BCUT2D eigenvalue weighted by molar-refractivity contribution is -0.123. The Morgan fingerprint density at radius 1 is 1.15 bits per heavy atom. The molecule has 1 fully saturated rings. The number of alkyl carbamates (subject to hydrolysis) is 1. The summed E-state index contributed by atoms with van der Waals surface area (Å²) in [6.07, 6.45) is 2.99. The second kappa shape index (κ2) is 17.2. The smallest absolute Gasteiger partial charge is 0.407 e. The maximum Gasteiger partial charge on any atom is 0.407 e. The molecule has 3 rings (SSSR count). The summed E-state index contributed by atoms with van der Waals surface area (Å²) in [5.41, 5.74) is 2.52. The minimum Gasteiger partial charge on any atom is -0.444 e. The number of nitrogens with zero attached hydrogens (tertiary/aromatic N) is 4. The third-order valence-electron chi connectivity index (χ3n) is 6.56. The van der Waals surface area contributed by atoms with Gasteiger partial charge in [0.2, 0.25) is 5.91 Å². The van der Waals surface area contributed by atoms with E-state index >= 15 is 0 Å². The Balaban J connectivity index is 1.45. The number of urea groups is 1. The monoisotopic (exact) mass is 609 g/mol. The van der Waals surface area contributed by atoms with Gasteiger partial charge in [-0.3, -0.25) is 14.7 Å². The lowest BCUT2D eigenvalue weighted by Gasteiger charge is -2.29. The molecule has 0 saturated carbocycles. The SMILES string of the molecule is CC(CCCNC(=O)OCc1cncs1)NC(=O)C(CCN1CCOCC1)NC(=O)N(C)Cc1csc(C(C)C)n1. The molecular weight excluding hydrogens is 566 g/mol. The number of morpholine rings is 1. The van der Waals surface area contributed by atoms with E-state index < -0.39 is 12.1 Å². The average Bonchev–Trinajstić information content (AvgIpc) is 3.65. The number of amides is 4. The molecule has 2 aromatic rings. The predicted molar refractivity (Wildman–Crippen MR) is 159 cm³/mol. The van der Waals surface area contributed by atoms with E-state index in [4.69, 9.17) is 9.47 Å². The van der Waals surface area contributed by atoms with Crippen molar-refractivity contribution in [1.82, 2.24) is 35.7 Å². The molecule has 1 aliphatic rings. The number of carbonyl (C=O) groups is 3. The van der Waals surface area contributed by atoms with E-state index in [0.29, 0.717) is 58.0 Å². The van der Waals surface area contributed by atoms with Gasteiger partial charge in [0, 0.05) is 56.8 Å². The maximum atomic E-state index is 13.3. The molecule has 228 valence electrons. The third-order valence-corrected chi connectivity index (χ3v) is 8.51. The van der Waals surface area contributed by atoms with Gasteiger partial charge in [-0.25, -0.2) is 14.6 Å². The van der Waals surface area contributed by atoms with Gasteiger partial charge in [-0.2, -0.15) is 0 Å². The number of nitrogens with one attached hydrogen (secondary N) is 3. The molecule has 1 saturated heterocycles.